The first-order valence-electron chi connectivity index (χ1n) is 13.9. The minimum absolute atomic E-state index is 0.203. The van der Waals surface area contributed by atoms with Crippen molar-refractivity contribution in [2.75, 3.05) is 18.0 Å². The number of pyridine rings is 1. The van der Waals surface area contributed by atoms with Gasteiger partial charge in [0.15, 0.2) is 11.6 Å². The molecule has 1 amide bonds. The second kappa shape index (κ2) is 10.2. The van der Waals surface area contributed by atoms with Crippen LogP contribution in [0.5, 0.6) is 0 Å². The SMILES string of the molecule is CC(C)(C)OC(=O)N1[C@@H]2CCN(c3c(-c4cc(F)cc(F)c4)cncc3-c3nc4cc(F)c(F)cc4[nH]3)C[C@@H]2OC1(C)C. The van der Waals surface area contributed by atoms with Crippen molar-refractivity contribution >= 4 is 22.8 Å². The van der Waals surface area contributed by atoms with Gasteiger partial charge in [0.1, 0.15) is 28.8 Å². The van der Waals surface area contributed by atoms with E-state index >= 15 is 0 Å². The van der Waals surface area contributed by atoms with Gasteiger partial charge in [0, 0.05) is 49.2 Å². The molecule has 0 saturated carbocycles. The van der Waals surface area contributed by atoms with E-state index < -0.39 is 46.8 Å². The second-order valence-electron chi connectivity index (χ2n) is 12.4. The summed E-state index contributed by atoms with van der Waals surface area (Å²) in [5.41, 5.74) is 0.522. The number of rotatable bonds is 3. The Balaban J connectivity index is 1.44. The van der Waals surface area contributed by atoms with Gasteiger partial charge in [0.05, 0.1) is 34.4 Å². The highest BCUT2D eigenvalue weighted by Gasteiger charge is 2.53. The van der Waals surface area contributed by atoms with Crippen molar-refractivity contribution in [3.8, 4) is 22.5 Å². The lowest BCUT2D eigenvalue weighted by molar-refractivity contribution is -0.0766. The van der Waals surface area contributed by atoms with Gasteiger partial charge in [-0.25, -0.2) is 27.3 Å². The maximum absolute atomic E-state index is 14.4. The first-order valence-corrected chi connectivity index (χ1v) is 13.9. The third-order valence-corrected chi connectivity index (χ3v) is 7.65. The molecule has 0 aliphatic carbocycles. The summed E-state index contributed by atoms with van der Waals surface area (Å²) in [4.78, 5) is 28.7. The van der Waals surface area contributed by atoms with E-state index in [-0.39, 0.29) is 28.5 Å². The predicted octanol–water partition coefficient (Wildman–Crippen LogP) is 6.80. The molecule has 2 aliphatic heterocycles. The van der Waals surface area contributed by atoms with Crippen LogP contribution in [0.3, 0.4) is 0 Å². The fourth-order valence-corrected chi connectivity index (χ4v) is 6.03. The molecule has 6 rings (SSSR count). The maximum atomic E-state index is 14.4. The van der Waals surface area contributed by atoms with Gasteiger partial charge in [-0.2, -0.15) is 0 Å². The molecule has 0 bridgehead atoms. The Morgan fingerprint density at radius 2 is 1.70 bits per heavy atom. The van der Waals surface area contributed by atoms with E-state index in [0.717, 1.165) is 18.2 Å². The largest absolute Gasteiger partial charge is 0.444 e. The van der Waals surface area contributed by atoms with E-state index in [1.807, 2.05) is 18.7 Å². The molecule has 2 aromatic heterocycles. The van der Waals surface area contributed by atoms with Crippen molar-refractivity contribution in [1.29, 1.82) is 0 Å². The summed E-state index contributed by atoms with van der Waals surface area (Å²) in [5, 5.41) is 0. The van der Waals surface area contributed by atoms with Crippen molar-refractivity contribution in [2.24, 2.45) is 0 Å². The number of hydrogen-bond donors (Lipinski definition) is 1. The summed E-state index contributed by atoms with van der Waals surface area (Å²) in [6.07, 6.45) is 2.65. The van der Waals surface area contributed by atoms with Gasteiger partial charge in [-0.1, -0.05) is 0 Å². The van der Waals surface area contributed by atoms with E-state index in [1.165, 1.54) is 24.5 Å². The number of anilines is 1. The number of halogens is 4. The molecule has 0 radical (unpaired) electrons. The number of fused-ring (bicyclic) bond motifs is 2. The lowest BCUT2D eigenvalue weighted by Gasteiger charge is -2.39. The van der Waals surface area contributed by atoms with E-state index in [4.69, 9.17) is 9.47 Å². The number of hydrogen-bond acceptors (Lipinski definition) is 6. The molecule has 8 nitrogen and oxygen atoms in total. The normalized spacial score (nSPS) is 20.0. The average molecular weight is 598 g/mol. The fraction of sp³-hybridized carbons (Fsp3) is 0.387. The number of aromatic nitrogens is 3. The Hall–Kier alpha value is -4.19. The summed E-state index contributed by atoms with van der Waals surface area (Å²) >= 11 is 0. The van der Waals surface area contributed by atoms with E-state index in [2.05, 4.69) is 15.0 Å². The minimum Gasteiger partial charge on any atom is -0.444 e. The van der Waals surface area contributed by atoms with Crippen LogP contribution in [0.4, 0.5) is 28.0 Å². The molecule has 1 N–H and O–H groups in total. The van der Waals surface area contributed by atoms with Crippen LogP contribution in [-0.2, 0) is 9.47 Å². The van der Waals surface area contributed by atoms with Crippen molar-refractivity contribution in [3.63, 3.8) is 0 Å². The highest BCUT2D eigenvalue weighted by atomic mass is 19.2. The van der Waals surface area contributed by atoms with Gasteiger partial charge < -0.3 is 19.4 Å². The van der Waals surface area contributed by atoms with Crippen LogP contribution in [0.25, 0.3) is 33.5 Å². The Bertz CT molecular complexity index is 1680. The van der Waals surface area contributed by atoms with Crippen molar-refractivity contribution in [3.05, 3.63) is 66.0 Å². The van der Waals surface area contributed by atoms with Crippen LogP contribution in [0.15, 0.2) is 42.7 Å². The molecule has 2 atom stereocenters. The number of nitrogens with zero attached hydrogens (tertiary/aromatic N) is 4. The van der Waals surface area contributed by atoms with Crippen LogP contribution in [-0.4, -0.2) is 62.5 Å². The number of nitrogens with one attached hydrogen (secondary N) is 1. The molecule has 2 aliphatic rings. The second-order valence-corrected chi connectivity index (χ2v) is 12.4. The minimum atomic E-state index is -1.04. The summed E-state index contributed by atoms with van der Waals surface area (Å²) < 4.78 is 68.8. The molecule has 0 spiro atoms. The molecule has 43 heavy (non-hydrogen) atoms. The van der Waals surface area contributed by atoms with E-state index in [0.29, 0.717) is 36.3 Å². The molecule has 2 fully saturated rings. The Morgan fingerprint density at radius 3 is 2.40 bits per heavy atom. The Labute approximate surface area is 245 Å². The smallest absolute Gasteiger partial charge is 0.412 e. The fourth-order valence-electron chi connectivity index (χ4n) is 6.03. The third-order valence-electron chi connectivity index (χ3n) is 7.65. The molecule has 0 unspecified atom stereocenters. The summed E-state index contributed by atoms with van der Waals surface area (Å²) in [5.74, 6) is -3.30. The number of amides is 1. The number of piperidine rings is 1. The standard InChI is InChI=1S/C31H31F4N5O3/c1-30(2,3)43-29(41)40-25-6-7-39(15-26(25)42-31(40,4)5)27-19(16-8-17(32)10-18(33)9-16)13-36-14-20(27)28-37-23-11-21(34)22(35)12-24(23)38-28/h8-14,25-26H,6-7,15H2,1-5H3,(H,37,38)/t25-,26+/m1/s1. The van der Waals surface area contributed by atoms with Crippen LogP contribution < -0.4 is 4.90 Å². The van der Waals surface area contributed by atoms with Crippen LogP contribution in [0.1, 0.15) is 41.0 Å². The summed E-state index contributed by atoms with van der Waals surface area (Å²) in [6.45, 7) is 9.78. The van der Waals surface area contributed by atoms with Crippen molar-refractivity contribution in [2.45, 2.75) is 64.5 Å². The first-order chi connectivity index (χ1) is 20.2. The van der Waals surface area contributed by atoms with Gasteiger partial charge in [-0.3, -0.25) is 9.88 Å². The van der Waals surface area contributed by atoms with Gasteiger partial charge in [-0.05, 0) is 58.7 Å². The number of benzene rings is 2. The zero-order valence-electron chi connectivity index (χ0n) is 24.3. The van der Waals surface area contributed by atoms with Crippen LogP contribution in [0, 0.1) is 23.3 Å². The molecular formula is C31H31F4N5O3. The molecule has 4 heterocycles. The van der Waals surface area contributed by atoms with Gasteiger partial charge in [-0.15, -0.1) is 0 Å². The summed E-state index contributed by atoms with van der Waals surface area (Å²) in [7, 11) is 0. The Kier molecular flexibility index (Phi) is 6.87. The molecule has 12 heteroatoms. The third kappa shape index (κ3) is 5.39. The number of carbonyl (C=O) groups excluding carboxylic acids is 1. The van der Waals surface area contributed by atoms with E-state index in [1.54, 1.807) is 25.7 Å². The monoisotopic (exact) mass is 597 g/mol. The number of imidazole rings is 1. The highest BCUT2D eigenvalue weighted by molar-refractivity contribution is 5.91. The molecule has 2 saturated heterocycles. The first kappa shape index (κ1) is 28.9. The number of aromatic amines is 1. The number of H-pyrrole nitrogens is 1. The van der Waals surface area contributed by atoms with Crippen molar-refractivity contribution < 1.29 is 31.8 Å². The maximum Gasteiger partial charge on any atom is 0.412 e. The van der Waals surface area contributed by atoms with Gasteiger partial charge in [0.2, 0.25) is 0 Å². The number of ether oxygens (including phenoxy) is 2. The highest BCUT2D eigenvalue weighted by Crippen LogP contribution is 2.44. The summed E-state index contributed by atoms with van der Waals surface area (Å²) in [6, 6.07) is 4.94. The molecule has 4 aromatic rings. The Morgan fingerprint density at radius 1 is 1.02 bits per heavy atom. The number of carbonyl (C=O) groups is 1. The quantitative estimate of drug-likeness (QED) is 0.262. The van der Waals surface area contributed by atoms with Crippen molar-refractivity contribution in [1.82, 2.24) is 19.9 Å². The zero-order chi connectivity index (χ0) is 30.8. The van der Waals surface area contributed by atoms with E-state index in [9.17, 15) is 22.4 Å². The lowest BCUT2D eigenvalue weighted by Crippen LogP contribution is -2.54. The lowest BCUT2D eigenvalue weighted by atomic mass is 9.96. The van der Waals surface area contributed by atoms with Crippen LogP contribution in [0.2, 0.25) is 0 Å². The topological polar surface area (TPSA) is 83.6 Å². The van der Waals surface area contributed by atoms with Crippen LogP contribution >= 0.6 is 0 Å². The zero-order valence-corrected chi connectivity index (χ0v) is 24.3. The van der Waals surface area contributed by atoms with Gasteiger partial charge >= 0.3 is 6.09 Å². The average Bonchev–Trinajstić information content (AvgIpc) is 3.42. The predicted molar refractivity (Wildman–Crippen MR) is 152 cm³/mol. The molecule has 226 valence electrons. The molecule has 2 aromatic carbocycles. The molecular weight excluding hydrogens is 566 g/mol. The van der Waals surface area contributed by atoms with Gasteiger partial charge in [0.25, 0.3) is 0 Å².